The van der Waals surface area contributed by atoms with Crippen LogP contribution in [0.2, 0.25) is 0 Å². The summed E-state index contributed by atoms with van der Waals surface area (Å²) in [7, 11) is 6.22. The van der Waals surface area contributed by atoms with Crippen molar-refractivity contribution in [2.45, 2.75) is 188 Å². The number of carbonyl (C=O) groups excluding carboxylic acids is 9. The molecule has 21 heteroatoms. The zero-order valence-corrected chi connectivity index (χ0v) is 52.0. The smallest absolute Gasteiger partial charge is 0.412 e. The van der Waals surface area contributed by atoms with Crippen LogP contribution >= 0.6 is 0 Å². The van der Waals surface area contributed by atoms with Crippen LogP contribution in [0.25, 0.3) is 0 Å². The minimum atomic E-state index is -1.00. The van der Waals surface area contributed by atoms with Crippen LogP contribution in [-0.2, 0) is 64.0 Å². The first-order chi connectivity index (χ1) is 40.4. The molecular weight excluding hydrogens is 1090 g/mol. The Morgan fingerprint density at radius 1 is 0.788 bits per heavy atom. The number of ether oxygens (including phenoxy) is 4. The van der Waals surface area contributed by atoms with Gasteiger partial charge in [-0.05, 0) is 98.5 Å². The summed E-state index contributed by atoms with van der Waals surface area (Å²) in [4.78, 5) is 130. The van der Waals surface area contributed by atoms with Crippen molar-refractivity contribution in [3.63, 3.8) is 0 Å². The zero-order valence-electron chi connectivity index (χ0n) is 52.0. The summed E-state index contributed by atoms with van der Waals surface area (Å²) in [5, 5.41) is 19.9. The Morgan fingerprint density at radius 2 is 1.48 bits per heavy atom. The molecule has 8 unspecified atom stereocenters. The van der Waals surface area contributed by atoms with Crippen molar-refractivity contribution >= 4 is 64.7 Å². The van der Waals surface area contributed by atoms with Gasteiger partial charge < -0.3 is 49.3 Å². The lowest BCUT2D eigenvalue weighted by molar-refractivity contribution is -0.196. The Labute approximate surface area is 501 Å². The highest BCUT2D eigenvalue weighted by Crippen LogP contribution is 2.40. The fourth-order valence-electron chi connectivity index (χ4n) is 12.1. The molecule has 2 fully saturated rings. The van der Waals surface area contributed by atoms with E-state index in [4.69, 9.17) is 23.8 Å². The van der Waals surface area contributed by atoms with E-state index in [1.165, 1.54) is 31.2 Å². The van der Waals surface area contributed by atoms with Gasteiger partial charge in [-0.3, -0.25) is 34.1 Å². The number of ketones is 2. The number of rotatable bonds is 30. The lowest BCUT2D eigenvalue weighted by atomic mass is 9.79. The lowest BCUT2D eigenvalue weighted by Crippen LogP contribution is -2.53. The number of benzene rings is 2. The number of hydrogen-bond donors (Lipinski definition) is 4. The van der Waals surface area contributed by atoms with Crippen LogP contribution in [-0.4, -0.2) is 145 Å². The van der Waals surface area contributed by atoms with Crippen molar-refractivity contribution in [1.82, 2.24) is 20.2 Å². The van der Waals surface area contributed by atoms with Crippen molar-refractivity contribution in [2.24, 2.45) is 41.4 Å². The van der Waals surface area contributed by atoms with E-state index < -0.39 is 103 Å². The number of carbonyl (C=O) groups is 9. The van der Waals surface area contributed by atoms with Gasteiger partial charge in [-0.1, -0.05) is 110 Å². The number of allylic oxidation sites excluding steroid dienone is 1. The van der Waals surface area contributed by atoms with Crippen molar-refractivity contribution in [3.05, 3.63) is 71.8 Å². The summed E-state index contributed by atoms with van der Waals surface area (Å²) in [6, 6.07) is 11.6. The Morgan fingerprint density at radius 3 is 2.12 bits per heavy atom. The van der Waals surface area contributed by atoms with E-state index in [1.807, 2.05) is 58.0 Å². The largest absolute Gasteiger partial charge is 0.445 e. The van der Waals surface area contributed by atoms with Gasteiger partial charge in [0.15, 0.2) is 5.78 Å². The van der Waals surface area contributed by atoms with Gasteiger partial charge in [-0.2, -0.15) is 0 Å². The monoisotopic (exact) mass is 1190 g/mol. The maximum absolute atomic E-state index is 14.9. The Kier molecular flexibility index (Phi) is 27.0. The third-order valence-corrected chi connectivity index (χ3v) is 17.2. The summed E-state index contributed by atoms with van der Waals surface area (Å²) in [6.07, 6.45) is 6.43. The van der Waals surface area contributed by atoms with E-state index >= 15 is 0 Å². The minimum Gasteiger partial charge on any atom is -0.445 e. The molecule has 2 aromatic carbocycles. The Balaban J connectivity index is 1.25. The quantitative estimate of drug-likeness (QED) is 0.0419. The number of nitrogens with one attached hydrogen (secondary N) is 3. The molecule has 1 saturated carbocycles. The first-order valence-electron chi connectivity index (χ1n) is 30.3. The van der Waals surface area contributed by atoms with Crippen molar-refractivity contribution < 1.29 is 72.0 Å². The highest BCUT2D eigenvalue weighted by Gasteiger charge is 2.45. The molecule has 5 rings (SSSR count). The van der Waals surface area contributed by atoms with E-state index in [2.05, 4.69) is 16.0 Å². The molecule has 1 aliphatic heterocycles. The van der Waals surface area contributed by atoms with Crippen molar-refractivity contribution in [2.75, 3.05) is 45.5 Å². The predicted octanol–water partition coefficient (Wildman–Crippen LogP) is 9.12. The first kappa shape index (κ1) is 69.1. The number of anilines is 2. The Hall–Kier alpha value is -6.71. The van der Waals surface area contributed by atoms with Crippen LogP contribution in [0.4, 0.5) is 21.0 Å². The number of methoxy groups -OCH3 is 2. The van der Waals surface area contributed by atoms with Crippen molar-refractivity contribution in [3.8, 4) is 0 Å². The molecule has 12 atom stereocenters. The summed E-state index contributed by atoms with van der Waals surface area (Å²) in [5.41, 5.74) is 1.50. The number of hydrogen-bond acceptors (Lipinski definition) is 16. The summed E-state index contributed by atoms with van der Waals surface area (Å²) in [6.45, 7) is 14.0. The molecule has 85 heavy (non-hydrogen) atoms. The third kappa shape index (κ3) is 19.1. The lowest BCUT2D eigenvalue weighted by Gasteiger charge is -2.40. The van der Waals surface area contributed by atoms with Crippen LogP contribution in [0.5, 0.6) is 0 Å². The third-order valence-electron chi connectivity index (χ3n) is 17.2. The van der Waals surface area contributed by atoms with E-state index in [-0.39, 0.29) is 84.8 Å². The summed E-state index contributed by atoms with van der Waals surface area (Å²) >= 11 is 0. The molecule has 0 spiro atoms. The van der Waals surface area contributed by atoms with Gasteiger partial charge in [0.1, 0.15) is 25.0 Å². The first-order valence-corrected chi connectivity index (χ1v) is 30.3. The number of amides is 6. The topological polar surface area (TPSA) is 266 Å². The molecule has 3 aliphatic rings. The molecule has 0 bridgehead atoms. The van der Waals surface area contributed by atoms with Gasteiger partial charge in [0.05, 0.1) is 53.7 Å². The molecule has 6 amide bonds. The molecule has 4 N–H and O–H groups in total. The van der Waals surface area contributed by atoms with Gasteiger partial charge >= 0.3 is 18.2 Å². The number of hydroxylamine groups is 2. The minimum absolute atomic E-state index is 0.000922. The van der Waals surface area contributed by atoms with Crippen LogP contribution in [0.15, 0.2) is 60.7 Å². The van der Waals surface area contributed by atoms with Gasteiger partial charge in [-0.25, -0.2) is 14.4 Å². The standard InChI is InChI=1S/C64H94N6O15/c1-13-40(6)58(53(81-11)35-51(71)46-27-22-28-47(46)60(82-12)41(7)61(77)66-42(8)59(76)44-23-18-17-19-24-44)68(9)62(78)48(38(2)3)34-52(72)57(39(4)5)69(10)64(80)83-37-43-29-30-49(67-63(79)84-45-25-20-15-14-16-21-26-45)50(33-43)65-36-56(75)85-70-54(73)31-32-55(70)74/h17-20,23-25,29-30,33,38-42,45-48,53,57-60,65,76H,13-16,21-22,26-28,31-32,34-37H2,1-12H3,(H,66,77)(H,67,79)/b25-20+/t40-,41?,42+,45?,46?,47?,48?,53?,57-,58?,59+,60?/m0/s1. The molecule has 0 radical (unpaired) electrons. The van der Waals surface area contributed by atoms with Gasteiger partial charge in [-0.15, -0.1) is 5.06 Å². The average Bonchev–Trinajstić information content (AvgIpc) is 4.29. The van der Waals surface area contributed by atoms with E-state index in [0.29, 0.717) is 41.9 Å². The van der Waals surface area contributed by atoms with Crippen molar-refractivity contribution in [1.29, 1.82) is 0 Å². The second-order valence-corrected chi connectivity index (χ2v) is 23.9. The molecule has 1 saturated heterocycles. The predicted molar refractivity (Wildman–Crippen MR) is 319 cm³/mol. The van der Waals surface area contributed by atoms with Gasteiger partial charge in [0.25, 0.3) is 11.8 Å². The van der Waals surface area contributed by atoms with Gasteiger partial charge in [0.2, 0.25) is 11.8 Å². The number of nitrogens with zero attached hydrogens (tertiary/aromatic N) is 3. The SMILES string of the molecule is CC[C@H](C)C(C(CC(=O)C1CCCC1C(OC)C(C)C(=O)N[C@H](C)[C@@H](O)c1ccccc1)OC)N(C)C(=O)C(CC(=O)[C@H](C(C)C)N(C)C(=O)OCc1ccc(NC(=O)OC2/C=C/CCCCC2)c(NCC(=O)ON2C(=O)CCC2=O)c1)C(C)C. The van der Waals surface area contributed by atoms with E-state index in [9.17, 15) is 48.3 Å². The molecule has 2 aromatic rings. The number of aliphatic hydroxyl groups is 1. The van der Waals surface area contributed by atoms with Crippen LogP contribution in [0.3, 0.4) is 0 Å². The molecule has 1 heterocycles. The molecule has 2 aliphatic carbocycles. The summed E-state index contributed by atoms with van der Waals surface area (Å²) in [5.74, 6) is -6.24. The van der Waals surface area contributed by atoms with E-state index in [0.717, 1.165) is 32.1 Å². The normalized spacial score (nSPS) is 20.7. The van der Waals surface area contributed by atoms with E-state index in [1.54, 1.807) is 65.0 Å². The fraction of sp³-hybridized carbons (Fsp3) is 0.641. The number of Topliss-reactive ketones (excluding diaryl/α,β-unsaturated/α-hetero) is 2. The Bertz CT molecular complexity index is 2610. The molecule has 470 valence electrons. The van der Waals surface area contributed by atoms with Crippen LogP contribution in [0.1, 0.15) is 156 Å². The number of likely N-dealkylation sites (N-methyl/N-ethyl adjacent to an activating group) is 2. The molecule has 21 nitrogen and oxygen atoms in total. The highest BCUT2D eigenvalue weighted by molar-refractivity contribution is 6.02. The summed E-state index contributed by atoms with van der Waals surface area (Å²) < 4.78 is 23.6. The fourth-order valence-corrected chi connectivity index (χ4v) is 12.1. The van der Waals surface area contributed by atoms with Crippen LogP contribution < -0.4 is 16.0 Å². The molecular formula is C64H94N6O15. The second kappa shape index (κ2) is 33.3. The maximum atomic E-state index is 14.9. The second-order valence-electron chi connectivity index (χ2n) is 23.9. The maximum Gasteiger partial charge on any atom is 0.412 e. The van der Waals surface area contributed by atoms with Crippen LogP contribution in [0, 0.1) is 41.4 Å². The molecule has 0 aromatic heterocycles. The zero-order chi connectivity index (χ0) is 62.7. The number of imide groups is 1. The van der Waals surface area contributed by atoms with Gasteiger partial charge in [0, 0.05) is 65.8 Å². The average molecular weight is 1190 g/mol. The number of aliphatic hydroxyl groups excluding tert-OH is 1. The highest BCUT2D eigenvalue weighted by atomic mass is 16.7.